The predicted octanol–water partition coefficient (Wildman–Crippen LogP) is 1.40. The van der Waals surface area contributed by atoms with Gasteiger partial charge in [-0.05, 0) is 31.9 Å². The highest BCUT2D eigenvalue weighted by atomic mass is 16.3. The van der Waals surface area contributed by atoms with Gasteiger partial charge in [-0.15, -0.1) is 0 Å². The molecule has 1 rings (SSSR count). The van der Waals surface area contributed by atoms with Crippen LogP contribution in [0.15, 0.2) is 24.3 Å². The lowest BCUT2D eigenvalue weighted by Gasteiger charge is -2.19. The number of aliphatic hydroxyl groups is 1. The molecule has 0 heterocycles. The van der Waals surface area contributed by atoms with Gasteiger partial charge in [-0.3, -0.25) is 0 Å². The van der Waals surface area contributed by atoms with Crippen LogP contribution in [0.2, 0.25) is 0 Å². The van der Waals surface area contributed by atoms with Crippen LogP contribution in [-0.4, -0.2) is 10.6 Å². The third-order valence-corrected chi connectivity index (χ3v) is 1.80. The smallest absolute Gasteiger partial charge is 0.0843 e. The van der Waals surface area contributed by atoms with E-state index in [1.54, 1.807) is 13.8 Å². The molecule has 1 aromatic carbocycles. The lowest BCUT2D eigenvalue weighted by molar-refractivity contribution is 0.0779. The van der Waals surface area contributed by atoms with Crippen molar-refractivity contribution in [3.05, 3.63) is 35.4 Å². The second-order valence-electron chi connectivity index (χ2n) is 3.37. The van der Waals surface area contributed by atoms with Gasteiger partial charge < -0.3 is 10.6 Å². The first-order valence-corrected chi connectivity index (χ1v) is 3.80. The second kappa shape index (κ2) is 3.70. The van der Waals surface area contributed by atoms with E-state index in [4.69, 9.17) is 0 Å². The first kappa shape index (κ1) is 11.1. The Kier molecular flexibility index (Phi) is 3.43. The van der Waals surface area contributed by atoms with Crippen LogP contribution < -0.4 is 0 Å². The normalized spacial score (nSPS) is 10.7. The van der Waals surface area contributed by atoms with Crippen molar-refractivity contribution in [1.29, 1.82) is 0 Å². The summed E-state index contributed by atoms with van der Waals surface area (Å²) in [6.45, 7) is 5.61. The molecule has 0 aliphatic carbocycles. The molecule has 2 nitrogen and oxygen atoms in total. The zero-order valence-electron chi connectivity index (χ0n) is 7.76. The number of hydrogen-bond acceptors (Lipinski definition) is 1. The van der Waals surface area contributed by atoms with E-state index in [1.165, 1.54) is 0 Å². The molecule has 0 saturated carbocycles. The Bertz CT molecular complexity index is 248. The minimum Gasteiger partial charge on any atom is -0.412 e. The molecule has 68 valence electrons. The van der Waals surface area contributed by atoms with Crippen LogP contribution in [0.25, 0.3) is 0 Å². The van der Waals surface area contributed by atoms with Crippen molar-refractivity contribution in [2.75, 3.05) is 0 Å². The maximum atomic E-state index is 9.67. The molecule has 0 amide bonds. The van der Waals surface area contributed by atoms with Crippen LogP contribution in [0, 0.1) is 6.92 Å². The lowest BCUT2D eigenvalue weighted by atomic mass is 9.94. The van der Waals surface area contributed by atoms with Gasteiger partial charge in [0.15, 0.2) is 0 Å². The van der Waals surface area contributed by atoms with Gasteiger partial charge >= 0.3 is 0 Å². The molecule has 0 aliphatic rings. The van der Waals surface area contributed by atoms with Gasteiger partial charge in [0.05, 0.1) is 5.60 Å². The summed E-state index contributed by atoms with van der Waals surface area (Å²) in [7, 11) is 0. The molecule has 0 atom stereocenters. The Labute approximate surface area is 73.2 Å². The highest BCUT2D eigenvalue weighted by Gasteiger charge is 2.16. The summed E-state index contributed by atoms with van der Waals surface area (Å²) in [4.78, 5) is 0. The SMILES string of the molecule is Cc1ccccc1C(C)(C)O.O. The van der Waals surface area contributed by atoms with Gasteiger partial charge in [0, 0.05) is 0 Å². The van der Waals surface area contributed by atoms with Crippen LogP contribution in [0.4, 0.5) is 0 Å². The van der Waals surface area contributed by atoms with Gasteiger partial charge in [-0.25, -0.2) is 0 Å². The van der Waals surface area contributed by atoms with Gasteiger partial charge in [0.2, 0.25) is 0 Å². The molecule has 0 bridgehead atoms. The summed E-state index contributed by atoms with van der Waals surface area (Å²) >= 11 is 0. The Balaban J connectivity index is 0.00000121. The number of rotatable bonds is 1. The molecule has 0 unspecified atom stereocenters. The van der Waals surface area contributed by atoms with E-state index in [9.17, 15) is 5.11 Å². The molecule has 0 fully saturated rings. The van der Waals surface area contributed by atoms with Crippen LogP contribution in [0.1, 0.15) is 25.0 Å². The van der Waals surface area contributed by atoms with Crippen molar-refractivity contribution in [1.82, 2.24) is 0 Å². The fraction of sp³-hybridized carbons (Fsp3) is 0.400. The Hall–Kier alpha value is -0.860. The molecule has 3 N–H and O–H groups in total. The van der Waals surface area contributed by atoms with Crippen LogP contribution in [0.5, 0.6) is 0 Å². The first-order valence-electron chi connectivity index (χ1n) is 3.80. The summed E-state index contributed by atoms with van der Waals surface area (Å²) < 4.78 is 0. The van der Waals surface area contributed by atoms with Crippen LogP contribution >= 0.6 is 0 Å². The summed E-state index contributed by atoms with van der Waals surface area (Å²) in [5.41, 5.74) is 1.42. The van der Waals surface area contributed by atoms with Gasteiger partial charge in [-0.2, -0.15) is 0 Å². The van der Waals surface area contributed by atoms with Crippen LogP contribution in [-0.2, 0) is 5.60 Å². The zero-order chi connectivity index (χ0) is 8.48. The number of hydrogen-bond donors (Lipinski definition) is 1. The van der Waals surface area contributed by atoms with E-state index in [0.29, 0.717) is 0 Å². The minimum atomic E-state index is -0.717. The van der Waals surface area contributed by atoms with E-state index >= 15 is 0 Å². The Morgan fingerprint density at radius 1 is 1.17 bits per heavy atom. The predicted molar refractivity (Wildman–Crippen MR) is 50.0 cm³/mol. The number of aryl methyl sites for hydroxylation is 1. The fourth-order valence-electron chi connectivity index (χ4n) is 1.26. The largest absolute Gasteiger partial charge is 0.412 e. The van der Waals surface area contributed by atoms with E-state index in [0.717, 1.165) is 11.1 Å². The number of benzene rings is 1. The molecule has 0 saturated heterocycles. The van der Waals surface area contributed by atoms with Crippen molar-refractivity contribution in [3.63, 3.8) is 0 Å². The van der Waals surface area contributed by atoms with Crippen molar-refractivity contribution in [2.45, 2.75) is 26.4 Å². The molecular weight excluding hydrogens is 152 g/mol. The Morgan fingerprint density at radius 3 is 2.00 bits per heavy atom. The van der Waals surface area contributed by atoms with Gasteiger partial charge in [0.25, 0.3) is 0 Å². The lowest BCUT2D eigenvalue weighted by Crippen LogP contribution is -2.16. The molecule has 2 heteroatoms. The summed E-state index contributed by atoms with van der Waals surface area (Å²) in [6, 6.07) is 7.88. The first-order chi connectivity index (χ1) is 5.02. The Morgan fingerprint density at radius 2 is 1.67 bits per heavy atom. The van der Waals surface area contributed by atoms with Crippen molar-refractivity contribution in [3.8, 4) is 0 Å². The van der Waals surface area contributed by atoms with E-state index < -0.39 is 5.60 Å². The molecule has 1 aromatic rings. The third-order valence-electron chi connectivity index (χ3n) is 1.80. The maximum Gasteiger partial charge on any atom is 0.0843 e. The van der Waals surface area contributed by atoms with Crippen molar-refractivity contribution in [2.24, 2.45) is 0 Å². The highest BCUT2D eigenvalue weighted by molar-refractivity contribution is 5.29. The van der Waals surface area contributed by atoms with Gasteiger partial charge in [0.1, 0.15) is 0 Å². The average molecular weight is 168 g/mol. The molecular formula is C10H16O2. The molecule has 0 aromatic heterocycles. The fourth-order valence-corrected chi connectivity index (χ4v) is 1.26. The topological polar surface area (TPSA) is 51.7 Å². The highest BCUT2D eigenvalue weighted by Crippen LogP contribution is 2.22. The molecule has 0 aliphatic heterocycles. The van der Waals surface area contributed by atoms with Crippen LogP contribution in [0.3, 0.4) is 0 Å². The average Bonchev–Trinajstić information content (AvgIpc) is 1.86. The van der Waals surface area contributed by atoms with E-state index in [2.05, 4.69) is 0 Å². The zero-order valence-corrected chi connectivity index (χ0v) is 7.76. The van der Waals surface area contributed by atoms with E-state index in [1.807, 2.05) is 31.2 Å². The minimum absolute atomic E-state index is 0. The maximum absolute atomic E-state index is 9.67. The second-order valence-corrected chi connectivity index (χ2v) is 3.37. The summed E-state index contributed by atoms with van der Waals surface area (Å²) in [5.74, 6) is 0. The summed E-state index contributed by atoms with van der Waals surface area (Å²) in [6.07, 6.45) is 0. The molecule has 0 radical (unpaired) electrons. The summed E-state index contributed by atoms with van der Waals surface area (Å²) in [5, 5.41) is 9.67. The quantitative estimate of drug-likeness (QED) is 0.677. The van der Waals surface area contributed by atoms with Crippen molar-refractivity contribution >= 4 is 0 Å². The third kappa shape index (κ3) is 2.32. The monoisotopic (exact) mass is 168 g/mol. The van der Waals surface area contributed by atoms with E-state index in [-0.39, 0.29) is 5.48 Å². The molecule has 0 spiro atoms. The molecule has 12 heavy (non-hydrogen) atoms. The van der Waals surface area contributed by atoms with Gasteiger partial charge in [-0.1, -0.05) is 24.3 Å². The van der Waals surface area contributed by atoms with Crippen molar-refractivity contribution < 1.29 is 10.6 Å². The standard InChI is InChI=1S/C10H14O.H2O/c1-8-6-4-5-7-9(8)10(2,3)11;/h4-7,11H,1-3H3;1H2.